The maximum Gasteiger partial charge on any atom is 0.350 e. The van der Waals surface area contributed by atoms with Crippen LogP contribution in [0.1, 0.15) is 13.8 Å². The Balaban J connectivity index is 2.76. The molecule has 4 N–H and O–H groups in total. The zero-order valence-corrected chi connectivity index (χ0v) is 17.2. The highest BCUT2D eigenvalue weighted by molar-refractivity contribution is 6.30. The van der Waals surface area contributed by atoms with Crippen molar-refractivity contribution >= 4 is 17.6 Å². The molecule has 10 heteroatoms. The van der Waals surface area contributed by atoms with Gasteiger partial charge in [0.2, 0.25) is 0 Å². The molecule has 0 bridgehead atoms. The lowest BCUT2D eigenvalue weighted by molar-refractivity contribution is -0.176. The van der Waals surface area contributed by atoms with E-state index in [-0.39, 0.29) is 13.2 Å². The molecule has 0 saturated heterocycles. The van der Waals surface area contributed by atoms with E-state index in [9.17, 15) is 4.79 Å². The molecule has 1 rings (SSSR count). The molecule has 0 aliphatic carbocycles. The van der Waals surface area contributed by atoms with Crippen molar-refractivity contribution in [2.24, 2.45) is 0 Å². The smallest absolute Gasteiger partial charge is 0.350 e. The minimum absolute atomic E-state index is 0.182. The van der Waals surface area contributed by atoms with Gasteiger partial charge in [-0.05, 0) is 38.1 Å². The topological polar surface area (TPSA) is 135 Å². The maximum absolute atomic E-state index is 12.6. The van der Waals surface area contributed by atoms with Crippen molar-refractivity contribution < 1.29 is 44.2 Å². The standard InChI is InChI=1S/C19H29ClO9/c1-19(2,29-14-5-3-13(20)4-6-14)18(25)28-17(11-26-15(7-21)8-22)12-27-16(9-23)10-24/h3-6,15-17,21-24H,7-12H2,1-2H3. The molecule has 0 aliphatic rings. The first-order valence-electron chi connectivity index (χ1n) is 9.08. The summed E-state index contributed by atoms with van der Waals surface area (Å²) >= 11 is 5.84. The summed E-state index contributed by atoms with van der Waals surface area (Å²) in [5, 5.41) is 37.0. The first kappa shape index (κ1) is 25.6. The number of aliphatic hydroxyl groups is 4. The minimum Gasteiger partial charge on any atom is -0.476 e. The number of carbonyl (C=O) groups is 1. The molecule has 0 radical (unpaired) electrons. The van der Waals surface area contributed by atoms with E-state index in [1.54, 1.807) is 24.3 Å². The van der Waals surface area contributed by atoms with Gasteiger partial charge in [0.05, 0.1) is 39.6 Å². The number of esters is 1. The summed E-state index contributed by atoms with van der Waals surface area (Å²) in [6.45, 7) is 1.01. The second-order valence-corrected chi connectivity index (χ2v) is 7.17. The van der Waals surface area contributed by atoms with E-state index < -0.39 is 56.3 Å². The van der Waals surface area contributed by atoms with Crippen LogP contribution in [-0.4, -0.2) is 89.9 Å². The molecule has 0 aromatic heterocycles. The highest BCUT2D eigenvalue weighted by atomic mass is 35.5. The fraction of sp³-hybridized carbons (Fsp3) is 0.632. The first-order chi connectivity index (χ1) is 13.7. The van der Waals surface area contributed by atoms with Crippen LogP contribution in [0.5, 0.6) is 5.75 Å². The first-order valence-corrected chi connectivity index (χ1v) is 9.45. The van der Waals surface area contributed by atoms with E-state index in [1.165, 1.54) is 13.8 Å². The van der Waals surface area contributed by atoms with Crippen LogP contribution in [0.2, 0.25) is 5.02 Å². The van der Waals surface area contributed by atoms with Crippen LogP contribution in [0.15, 0.2) is 24.3 Å². The predicted molar refractivity (Wildman–Crippen MR) is 104 cm³/mol. The van der Waals surface area contributed by atoms with Crippen molar-refractivity contribution in [1.29, 1.82) is 0 Å². The Hall–Kier alpha value is -1.46. The molecular formula is C19H29ClO9. The van der Waals surface area contributed by atoms with E-state index in [4.69, 9.17) is 51.0 Å². The quantitative estimate of drug-likeness (QED) is 0.300. The Labute approximate surface area is 174 Å². The summed E-state index contributed by atoms with van der Waals surface area (Å²) in [6, 6.07) is 6.47. The number of carbonyl (C=O) groups excluding carboxylic acids is 1. The van der Waals surface area contributed by atoms with Crippen LogP contribution in [0.3, 0.4) is 0 Å². The van der Waals surface area contributed by atoms with Crippen LogP contribution in [0.4, 0.5) is 0 Å². The third kappa shape index (κ3) is 9.26. The van der Waals surface area contributed by atoms with E-state index >= 15 is 0 Å². The molecule has 1 aromatic rings. The van der Waals surface area contributed by atoms with E-state index in [1.807, 2.05) is 0 Å². The third-order valence-electron chi connectivity index (χ3n) is 3.80. The van der Waals surface area contributed by atoms with Gasteiger partial charge in [0, 0.05) is 5.02 Å². The number of hydrogen-bond donors (Lipinski definition) is 4. The van der Waals surface area contributed by atoms with Gasteiger partial charge in [-0.3, -0.25) is 0 Å². The molecule has 0 heterocycles. The number of rotatable bonds is 14. The molecule has 0 saturated carbocycles. The zero-order valence-electron chi connectivity index (χ0n) is 16.5. The highest BCUT2D eigenvalue weighted by Gasteiger charge is 2.34. The lowest BCUT2D eigenvalue weighted by Crippen LogP contribution is -2.44. The van der Waals surface area contributed by atoms with Gasteiger partial charge in [0.1, 0.15) is 24.1 Å². The van der Waals surface area contributed by atoms with Gasteiger partial charge >= 0.3 is 5.97 Å². The van der Waals surface area contributed by atoms with Crippen molar-refractivity contribution in [3.8, 4) is 5.75 Å². The molecular weight excluding hydrogens is 408 g/mol. The molecule has 0 fully saturated rings. The average Bonchev–Trinajstić information content (AvgIpc) is 2.70. The maximum atomic E-state index is 12.6. The minimum atomic E-state index is -1.35. The molecule has 0 atom stereocenters. The van der Waals surface area contributed by atoms with Crippen molar-refractivity contribution in [1.82, 2.24) is 0 Å². The van der Waals surface area contributed by atoms with Crippen LogP contribution in [0.25, 0.3) is 0 Å². The zero-order chi connectivity index (χ0) is 21.9. The number of ether oxygens (including phenoxy) is 4. The fourth-order valence-electron chi connectivity index (χ4n) is 2.06. The highest BCUT2D eigenvalue weighted by Crippen LogP contribution is 2.22. The van der Waals surface area contributed by atoms with Gasteiger partial charge in [-0.2, -0.15) is 0 Å². The molecule has 0 aliphatic heterocycles. The average molecular weight is 437 g/mol. The van der Waals surface area contributed by atoms with Gasteiger partial charge < -0.3 is 39.4 Å². The number of aliphatic hydroxyl groups excluding tert-OH is 4. The Morgan fingerprint density at radius 1 is 0.897 bits per heavy atom. The molecule has 0 spiro atoms. The molecule has 1 aromatic carbocycles. The van der Waals surface area contributed by atoms with E-state index in [0.29, 0.717) is 10.8 Å². The SMILES string of the molecule is CC(C)(Oc1ccc(Cl)cc1)C(=O)OC(COC(CO)CO)COC(CO)CO. The molecule has 0 amide bonds. The van der Waals surface area contributed by atoms with Gasteiger partial charge in [-0.25, -0.2) is 4.79 Å². The van der Waals surface area contributed by atoms with Gasteiger partial charge in [-0.1, -0.05) is 11.6 Å². The van der Waals surface area contributed by atoms with Gasteiger partial charge in [0.15, 0.2) is 5.60 Å². The van der Waals surface area contributed by atoms with Crippen molar-refractivity contribution in [3.63, 3.8) is 0 Å². The van der Waals surface area contributed by atoms with Crippen molar-refractivity contribution in [2.45, 2.75) is 37.8 Å². The summed E-state index contributed by atoms with van der Waals surface area (Å²) in [4.78, 5) is 12.6. The summed E-state index contributed by atoms with van der Waals surface area (Å²) in [5.41, 5.74) is -1.35. The Bertz CT molecular complexity index is 570. The lowest BCUT2D eigenvalue weighted by atomic mass is 10.1. The van der Waals surface area contributed by atoms with Gasteiger partial charge in [0.25, 0.3) is 0 Å². The molecule has 0 unspecified atom stereocenters. The number of hydrogen-bond acceptors (Lipinski definition) is 9. The van der Waals surface area contributed by atoms with E-state index in [0.717, 1.165) is 0 Å². The summed E-state index contributed by atoms with van der Waals surface area (Å²) in [5.74, 6) is -0.291. The van der Waals surface area contributed by atoms with Gasteiger partial charge in [-0.15, -0.1) is 0 Å². The van der Waals surface area contributed by atoms with Crippen LogP contribution < -0.4 is 4.74 Å². The molecule has 9 nitrogen and oxygen atoms in total. The monoisotopic (exact) mass is 436 g/mol. The third-order valence-corrected chi connectivity index (χ3v) is 4.05. The molecule has 29 heavy (non-hydrogen) atoms. The van der Waals surface area contributed by atoms with Crippen molar-refractivity contribution in [2.75, 3.05) is 39.6 Å². The van der Waals surface area contributed by atoms with E-state index in [2.05, 4.69) is 0 Å². The second-order valence-electron chi connectivity index (χ2n) is 6.73. The Morgan fingerprint density at radius 2 is 1.34 bits per heavy atom. The Kier molecular flexibility index (Phi) is 11.4. The Morgan fingerprint density at radius 3 is 1.76 bits per heavy atom. The second kappa shape index (κ2) is 13.0. The number of benzene rings is 1. The lowest BCUT2D eigenvalue weighted by Gasteiger charge is -2.28. The van der Waals surface area contributed by atoms with Crippen LogP contribution in [-0.2, 0) is 19.0 Å². The summed E-state index contributed by atoms with van der Waals surface area (Å²) in [6.07, 6.45) is -2.63. The largest absolute Gasteiger partial charge is 0.476 e. The predicted octanol–water partition coefficient (Wildman–Crippen LogP) is 0.149. The van der Waals surface area contributed by atoms with Crippen molar-refractivity contribution in [3.05, 3.63) is 29.3 Å². The van der Waals surface area contributed by atoms with Crippen LogP contribution >= 0.6 is 11.6 Å². The normalized spacial score (nSPS) is 12.1. The summed E-state index contributed by atoms with van der Waals surface area (Å²) in [7, 11) is 0. The fourth-order valence-corrected chi connectivity index (χ4v) is 2.19. The summed E-state index contributed by atoms with van der Waals surface area (Å²) < 4.78 is 21.7. The molecule has 166 valence electrons. The van der Waals surface area contributed by atoms with Crippen LogP contribution in [0, 0.1) is 0 Å². The number of halogens is 1.